The predicted octanol–water partition coefficient (Wildman–Crippen LogP) is 4.50. The lowest BCUT2D eigenvalue weighted by Gasteiger charge is -2.19. The Morgan fingerprint density at radius 1 is 1.05 bits per heavy atom. The molecule has 2 nitrogen and oxygen atoms in total. The monoisotopic (exact) mass is 282 g/mol. The smallest absolute Gasteiger partial charge is 0.183 e. The molecule has 0 saturated carbocycles. The molecule has 2 heteroatoms. The quantitative estimate of drug-likeness (QED) is 0.641. The maximum atomic E-state index is 5.49. The van der Waals surface area contributed by atoms with Crippen molar-refractivity contribution in [3.8, 4) is 11.1 Å². The van der Waals surface area contributed by atoms with Crippen molar-refractivity contribution in [3.05, 3.63) is 58.7 Å². The van der Waals surface area contributed by atoms with Gasteiger partial charge in [-0.15, -0.1) is 0 Å². The first-order chi connectivity index (χ1) is 10.3. The van der Waals surface area contributed by atoms with Crippen LogP contribution >= 0.6 is 0 Å². The summed E-state index contributed by atoms with van der Waals surface area (Å²) in [6.07, 6.45) is 2.96. The number of benzene rings is 2. The molecule has 0 radical (unpaired) electrons. The van der Waals surface area contributed by atoms with E-state index in [1.54, 1.807) is 14.2 Å². The van der Waals surface area contributed by atoms with Crippen molar-refractivity contribution in [2.45, 2.75) is 32.5 Å². The van der Waals surface area contributed by atoms with Crippen LogP contribution in [0.1, 0.15) is 41.9 Å². The number of rotatable bonds is 5. The third kappa shape index (κ3) is 2.39. The van der Waals surface area contributed by atoms with E-state index in [0.29, 0.717) is 0 Å². The molecule has 1 aliphatic carbocycles. The minimum absolute atomic E-state index is 0.288. The van der Waals surface area contributed by atoms with Gasteiger partial charge in [0, 0.05) is 19.8 Å². The van der Waals surface area contributed by atoms with Crippen LogP contribution in [0.4, 0.5) is 0 Å². The molecule has 0 amide bonds. The zero-order valence-electron chi connectivity index (χ0n) is 13.0. The summed E-state index contributed by atoms with van der Waals surface area (Å²) in [5, 5.41) is 0. The first kappa shape index (κ1) is 14.3. The molecule has 0 spiro atoms. The highest BCUT2D eigenvalue weighted by Gasteiger charge is 2.26. The summed E-state index contributed by atoms with van der Waals surface area (Å²) in [4.78, 5) is 0. The van der Waals surface area contributed by atoms with Crippen molar-refractivity contribution < 1.29 is 9.47 Å². The number of methoxy groups -OCH3 is 2. The minimum Gasteiger partial charge on any atom is -0.352 e. The molecular weight excluding hydrogens is 260 g/mol. The highest BCUT2D eigenvalue weighted by Crippen LogP contribution is 2.43. The van der Waals surface area contributed by atoms with Crippen molar-refractivity contribution in [1.82, 2.24) is 0 Å². The van der Waals surface area contributed by atoms with Crippen LogP contribution in [0.25, 0.3) is 11.1 Å². The van der Waals surface area contributed by atoms with Gasteiger partial charge in [-0.05, 0) is 40.7 Å². The first-order valence-corrected chi connectivity index (χ1v) is 7.58. The summed E-state index contributed by atoms with van der Waals surface area (Å²) in [6, 6.07) is 13.1. The molecule has 0 fully saturated rings. The van der Waals surface area contributed by atoms with E-state index in [0.717, 1.165) is 24.8 Å². The van der Waals surface area contributed by atoms with Gasteiger partial charge in [0.2, 0.25) is 0 Å². The molecule has 0 saturated heterocycles. The van der Waals surface area contributed by atoms with Crippen LogP contribution in [-0.4, -0.2) is 14.2 Å². The topological polar surface area (TPSA) is 18.5 Å². The zero-order valence-corrected chi connectivity index (χ0v) is 13.0. The van der Waals surface area contributed by atoms with Crippen molar-refractivity contribution in [1.29, 1.82) is 0 Å². The number of fused-ring (bicyclic) bond motifs is 3. The Hall–Kier alpha value is -1.64. The second kappa shape index (κ2) is 6.00. The second-order valence-electron chi connectivity index (χ2n) is 5.55. The Balaban J connectivity index is 2.19. The largest absolute Gasteiger partial charge is 0.352 e. The molecule has 21 heavy (non-hydrogen) atoms. The Morgan fingerprint density at radius 2 is 1.81 bits per heavy atom. The van der Waals surface area contributed by atoms with E-state index in [9.17, 15) is 0 Å². The van der Waals surface area contributed by atoms with E-state index < -0.39 is 0 Å². The van der Waals surface area contributed by atoms with Gasteiger partial charge in [0.1, 0.15) is 0 Å². The summed E-state index contributed by atoms with van der Waals surface area (Å²) in [5.41, 5.74) is 8.16. The molecule has 1 aliphatic rings. The third-order valence-corrected chi connectivity index (χ3v) is 4.29. The van der Waals surface area contributed by atoms with Gasteiger partial charge in [0.05, 0.1) is 0 Å². The van der Waals surface area contributed by atoms with E-state index in [1.807, 2.05) is 0 Å². The van der Waals surface area contributed by atoms with Crippen LogP contribution in [0.2, 0.25) is 0 Å². The lowest BCUT2D eigenvalue weighted by Crippen LogP contribution is -2.08. The minimum atomic E-state index is -0.288. The molecule has 0 aliphatic heterocycles. The molecule has 110 valence electrons. The number of hydrogen-bond acceptors (Lipinski definition) is 2. The Labute approximate surface area is 126 Å². The van der Waals surface area contributed by atoms with Gasteiger partial charge < -0.3 is 9.47 Å². The van der Waals surface area contributed by atoms with Crippen LogP contribution in [0.15, 0.2) is 36.4 Å². The zero-order chi connectivity index (χ0) is 14.8. The molecule has 0 N–H and O–H groups in total. The Bertz CT molecular complexity index is 642. The average molecular weight is 282 g/mol. The van der Waals surface area contributed by atoms with Gasteiger partial charge in [0.15, 0.2) is 6.29 Å². The number of aryl methyl sites for hydroxylation is 1. The molecule has 0 atom stereocenters. The van der Waals surface area contributed by atoms with Gasteiger partial charge in [-0.2, -0.15) is 0 Å². The average Bonchev–Trinajstić information content (AvgIpc) is 2.90. The van der Waals surface area contributed by atoms with Crippen molar-refractivity contribution in [2.24, 2.45) is 0 Å². The highest BCUT2D eigenvalue weighted by atomic mass is 16.7. The molecule has 0 aromatic heterocycles. The third-order valence-electron chi connectivity index (χ3n) is 4.29. The molecule has 2 aromatic rings. The fourth-order valence-corrected chi connectivity index (χ4v) is 3.40. The molecule has 3 rings (SSSR count). The summed E-state index contributed by atoms with van der Waals surface area (Å²) >= 11 is 0. The summed E-state index contributed by atoms with van der Waals surface area (Å²) < 4.78 is 11.0. The standard InChI is InChI=1S/C19H22O2/c1-4-7-13-10-11-16(19(20-2)21-3)17-12-14-8-5-6-9-15(14)18(13)17/h5-6,8-11,19H,4,7,12H2,1-3H3. The maximum Gasteiger partial charge on any atom is 0.183 e. The van der Waals surface area contributed by atoms with E-state index in [1.165, 1.54) is 27.8 Å². The maximum absolute atomic E-state index is 5.49. The van der Waals surface area contributed by atoms with Gasteiger partial charge >= 0.3 is 0 Å². The highest BCUT2D eigenvalue weighted by molar-refractivity contribution is 5.80. The van der Waals surface area contributed by atoms with Gasteiger partial charge in [0.25, 0.3) is 0 Å². The van der Waals surface area contributed by atoms with Crippen LogP contribution in [0, 0.1) is 0 Å². The van der Waals surface area contributed by atoms with Crippen molar-refractivity contribution in [3.63, 3.8) is 0 Å². The van der Waals surface area contributed by atoms with E-state index >= 15 is 0 Å². The van der Waals surface area contributed by atoms with Crippen molar-refractivity contribution in [2.75, 3.05) is 14.2 Å². The lowest BCUT2D eigenvalue weighted by molar-refractivity contribution is -0.106. The summed E-state index contributed by atoms with van der Waals surface area (Å²) in [7, 11) is 3.39. The fourth-order valence-electron chi connectivity index (χ4n) is 3.40. The lowest BCUT2D eigenvalue weighted by atomic mass is 9.93. The van der Waals surface area contributed by atoms with Crippen LogP contribution in [-0.2, 0) is 22.3 Å². The summed E-state index contributed by atoms with van der Waals surface area (Å²) in [5.74, 6) is 0. The summed E-state index contributed by atoms with van der Waals surface area (Å²) in [6.45, 7) is 2.23. The van der Waals surface area contributed by atoms with Crippen LogP contribution in [0.5, 0.6) is 0 Å². The SMILES string of the molecule is CCCc1ccc(C(OC)OC)c2c1-c1ccccc1C2. The fraction of sp³-hybridized carbons (Fsp3) is 0.368. The van der Waals surface area contributed by atoms with Crippen LogP contribution < -0.4 is 0 Å². The van der Waals surface area contributed by atoms with Crippen LogP contribution in [0.3, 0.4) is 0 Å². The Kier molecular flexibility index (Phi) is 4.09. The second-order valence-corrected chi connectivity index (χ2v) is 5.55. The van der Waals surface area contributed by atoms with E-state index in [2.05, 4.69) is 43.3 Å². The van der Waals surface area contributed by atoms with E-state index in [-0.39, 0.29) is 6.29 Å². The normalized spacial score (nSPS) is 12.6. The molecule has 2 aromatic carbocycles. The molecule has 0 heterocycles. The number of hydrogen-bond donors (Lipinski definition) is 0. The van der Waals surface area contributed by atoms with Gasteiger partial charge in [-0.25, -0.2) is 0 Å². The molecular formula is C19H22O2. The molecule has 0 bridgehead atoms. The Morgan fingerprint density at radius 3 is 2.52 bits per heavy atom. The van der Waals surface area contributed by atoms with E-state index in [4.69, 9.17) is 9.47 Å². The van der Waals surface area contributed by atoms with Crippen molar-refractivity contribution >= 4 is 0 Å². The molecule has 0 unspecified atom stereocenters. The van der Waals surface area contributed by atoms with Gasteiger partial charge in [-0.3, -0.25) is 0 Å². The number of ether oxygens (including phenoxy) is 2. The first-order valence-electron chi connectivity index (χ1n) is 7.58. The predicted molar refractivity (Wildman–Crippen MR) is 85.4 cm³/mol. The van der Waals surface area contributed by atoms with Gasteiger partial charge in [-0.1, -0.05) is 49.7 Å².